The second-order valence-electron chi connectivity index (χ2n) is 5.07. The molecular formula is C17H16N2O4. The highest BCUT2D eigenvalue weighted by molar-refractivity contribution is 5.87. The van der Waals surface area contributed by atoms with Gasteiger partial charge in [-0.05, 0) is 11.6 Å². The molecule has 6 heteroatoms. The van der Waals surface area contributed by atoms with Crippen molar-refractivity contribution in [2.75, 3.05) is 7.11 Å². The zero-order valence-corrected chi connectivity index (χ0v) is 12.6. The van der Waals surface area contributed by atoms with Crippen molar-refractivity contribution in [3.8, 4) is 11.5 Å². The van der Waals surface area contributed by atoms with Crippen molar-refractivity contribution in [1.82, 2.24) is 10.2 Å². The van der Waals surface area contributed by atoms with Gasteiger partial charge in [0, 0.05) is 11.5 Å². The molecule has 118 valence electrons. The largest absolute Gasteiger partial charge is 0.493 e. The number of carboxylic acids is 1. The molecule has 0 atom stereocenters. The maximum atomic E-state index is 10.9. The standard InChI is InChI=1S/C17H16N2O4/c1-22-15-7-12-13(18-19-14(12)9-17(20)21)8-16(15)23-10-11-5-3-2-4-6-11/h2-8H,9-10H2,1H3,(H,18,19)(H,20,21). The molecule has 6 nitrogen and oxygen atoms in total. The molecule has 3 rings (SSSR count). The summed E-state index contributed by atoms with van der Waals surface area (Å²) in [4.78, 5) is 10.9. The molecule has 3 aromatic rings. The summed E-state index contributed by atoms with van der Waals surface area (Å²) in [6.07, 6.45) is -0.121. The Morgan fingerprint density at radius 3 is 2.70 bits per heavy atom. The first-order chi connectivity index (χ1) is 11.2. The number of benzene rings is 2. The Labute approximate surface area is 132 Å². The van der Waals surface area contributed by atoms with Gasteiger partial charge >= 0.3 is 5.97 Å². The molecule has 0 unspecified atom stereocenters. The Morgan fingerprint density at radius 2 is 2.00 bits per heavy atom. The Hall–Kier alpha value is -3.02. The topological polar surface area (TPSA) is 84.4 Å². The molecule has 1 heterocycles. The minimum Gasteiger partial charge on any atom is -0.493 e. The Bertz CT molecular complexity index is 827. The average molecular weight is 312 g/mol. The number of aromatic amines is 1. The fourth-order valence-electron chi connectivity index (χ4n) is 2.36. The van der Waals surface area contributed by atoms with Gasteiger partial charge in [-0.2, -0.15) is 5.10 Å². The first kappa shape index (κ1) is 14.9. The highest BCUT2D eigenvalue weighted by atomic mass is 16.5. The maximum absolute atomic E-state index is 10.9. The third kappa shape index (κ3) is 3.26. The average Bonchev–Trinajstić information content (AvgIpc) is 2.94. The lowest BCUT2D eigenvalue weighted by atomic mass is 10.1. The van der Waals surface area contributed by atoms with Crippen molar-refractivity contribution in [3.63, 3.8) is 0 Å². The Morgan fingerprint density at radius 1 is 1.22 bits per heavy atom. The number of nitrogens with zero attached hydrogens (tertiary/aromatic N) is 1. The van der Waals surface area contributed by atoms with Crippen molar-refractivity contribution < 1.29 is 19.4 Å². The zero-order chi connectivity index (χ0) is 16.2. The Balaban J connectivity index is 1.89. The number of hydrogen-bond donors (Lipinski definition) is 2. The summed E-state index contributed by atoms with van der Waals surface area (Å²) in [5, 5.41) is 16.5. The van der Waals surface area contributed by atoms with Crippen LogP contribution in [0.2, 0.25) is 0 Å². The van der Waals surface area contributed by atoms with Gasteiger partial charge in [0.15, 0.2) is 11.5 Å². The van der Waals surface area contributed by atoms with E-state index in [2.05, 4.69) is 10.2 Å². The second-order valence-corrected chi connectivity index (χ2v) is 5.07. The number of carboxylic acid groups (broad SMARTS) is 1. The van der Waals surface area contributed by atoms with Crippen LogP contribution in [0.15, 0.2) is 42.5 Å². The van der Waals surface area contributed by atoms with Crippen molar-refractivity contribution >= 4 is 16.9 Å². The van der Waals surface area contributed by atoms with E-state index >= 15 is 0 Å². The van der Waals surface area contributed by atoms with Crippen LogP contribution in [0.3, 0.4) is 0 Å². The summed E-state index contributed by atoms with van der Waals surface area (Å²) >= 11 is 0. The van der Waals surface area contributed by atoms with E-state index in [-0.39, 0.29) is 6.42 Å². The lowest BCUT2D eigenvalue weighted by Crippen LogP contribution is -2.01. The van der Waals surface area contributed by atoms with E-state index in [9.17, 15) is 4.79 Å². The predicted octanol–water partition coefficient (Wildman–Crippen LogP) is 2.78. The zero-order valence-electron chi connectivity index (χ0n) is 12.6. The van der Waals surface area contributed by atoms with Gasteiger partial charge in [0.2, 0.25) is 0 Å². The highest BCUT2D eigenvalue weighted by Gasteiger charge is 2.14. The summed E-state index contributed by atoms with van der Waals surface area (Å²) in [6, 6.07) is 13.3. The summed E-state index contributed by atoms with van der Waals surface area (Å²) in [7, 11) is 1.55. The van der Waals surface area contributed by atoms with E-state index in [4.69, 9.17) is 14.6 Å². The number of H-pyrrole nitrogens is 1. The monoisotopic (exact) mass is 312 g/mol. The van der Waals surface area contributed by atoms with Crippen LogP contribution < -0.4 is 9.47 Å². The van der Waals surface area contributed by atoms with Crippen molar-refractivity contribution in [1.29, 1.82) is 0 Å². The quantitative estimate of drug-likeness (QED) is 0.731. The number of aromatic nitrogens is 2. The van der Waals surface area contributed by atoms with E-state index in [0.29, 0.717) is 29.3 Å². The van der Waals surface area contributed by atoms with E-state index < -0.39 is 5.97 Å². The first-order valence-electron chi connectivity index (χ1n) is 7.11. The normalized spacial score (nSPS) is 10.7. The van der Waals surface area contributed by atoms with Crippen LogP contribution in [-0.4, -0.2) is 28.4 Å². The fraction of sp³-hybridized carbons (Fsp3) is 0.176. The third-order valence-electron chi connectivity index (χ3n) is 3.48. The number of carbonyl (C=O) groups is 1. The molecule has 0 radical (unpaired) electrons. The lowest BCUT2D eigenvalue weighted by Gasteiger charge is -2.11. The SMILES string of the molecule is COc1cc2c(CC(=O)O)[nH]nc2cc1OCc1ccccc1. The summed E-state index contributed by atoms with van der Waals surface area (Å²) in [5.41, 5.74) is 2.23. The molecule has 0 amide bonds. The number of methoxy groups -OCH3 is 1. The van der Waals surface area contributed by atoms with E-state index in [0.717, 1.165) is 10.9 Å². The van der Waals surface area contributed by atoms with Gasteiger partial charge < -0.3 is 14.6 Å². The van der Waals surface area contributed by atoms with Crippen LogP contribution in [0.25, 0.3) is 10.9 Å². The molecule has 0 fully saturated rings. The van der Waals surface area contributed by atoms with Gasteiger partial charge in [0.25, 0.3) is 0 Å². The van der Waals surface area contributed by atoms with Gasteiger partial charge in [-0.1, -0.05) is 30.3 Å². The molecular weight excluding hydrogens is 296 g/mol. The van der Waals surface area contributed by atoms with Gasteiger partial charge in [0.05, 0.1) is 24.7 Å². The first-order valence-corrected chi connectivity index (χ1v) is 7.11. The van der Waals surface area contributed by atoms with Gasteiger partial charge in [-0.15, -0.1) is 0 Å². The molecule has 0 saturated carbocycles. The molecule has 0 saturated heterocycles. The number of rotatable bonds is 6. The van der Waals surface area contributed by atoms with E-state index in [1.165, 1.54) is 0 Å². The molecule has 2 aromatic carbocycles. The maximum Gasteiger partial charge on any atom is 0.309 e. The van der Waals surface area contributed by atoms with Crippen LogP contribution in [-0.2, 0) is 17.8 Å². The van der Waals surface area contributed by atoms with Crippen molar-refractivity contribution in [2.24, 2.45) is 0 Å². The van der Waals surface area contributed by atoms with Gasteiger partial charge in [0.1, 0.15) is 6.61 Å². The van der Waals surface area contributed by atoms with Crippen LogP contribution in [0.5, 0.6) is 11.5 Å². The van der Waals surface area contributed by atoms with Crippen LogP contribution in [0.1, 0.15) is 11.3 Å². The summed E-state index contributed by atoms with van der Waals surface area (Å²) in [5.74, 6) is 0.192. The molecule has 0 aliphatic heterocycles. The molecule has 0 aliphatic carbocycles. The van der Waals surface area contributed by atoms with Crippen LogP contribution >= 0.6 is 0 Å². The lowest BCUT2D eigenvalue weighted by molar-refractivity contribution is -0.136. The minimum atomic E-state index is -0.918. The molecule has 23 heavy (non-hydrogen) atoms. The van der Waals surface area contributed by atoms with Gasteiger partial charge in [-0.25, -0.2) is 0 Å². The molecule has 0 aliphatic rings. The van der Waals surface area contributed by atoms with E-state index in [1.807, 2.05) is 30.3 Å². The fourth-order valence-corrected chi connectivity index (χ4v) is 2.36. The molecule has 2 N–H and O–H groups in total. The summed E-state index contributed by atoms with van der Waals surface area (Å²) in [6.45, 7) is 0.412. The van der Waals surface area contributed by atoms with Crippen molar-refractivity contribution in [3.05, 3.63) is 53.7 Å². The van der Waals surface area contributed by atoms with Crippen molar-refractivity contribution in [2.45, 2.75) is 13.0 Å². The smallest absolute Gasteiger partial charge is 0.309 e. The molecule has 0 bridgehead atoms. The van der Waals surface area contributed by atoms with Gasteiger partial charge in [-0.3, -0.25) is 9.89 Å². The molecule has 0 spiro atoms. The molecule has 1 aromatic heterocycles. The summed E-state index contributed by atoms with van der Waals surface area (Å²) < 4.78 is 11.2. The Kier molecular flexibility index (Phi) is 4.14. The van der Waals surface area contributed by atoms with E-state index in [1.54, 1.807) is 19.2 Å². The highest BCUT2D eigenvalue weighted by Crippen LogP contribution is 2.33. The number of nitrogens with one attached hydrogen (secondary N) is 1. The van der Waals surface area contributed by atoms with Crippen LogP contribution in [0.4, 0.5) is 0 Å². The number of aliphatic carboxylic acids is 1. The minimum absolute atomic E-state index is 0.121. The number of fused-ring (bicyclic) bond motifs is 1. The third-order valence-corrected chi connectivity index (χ3v) is 3.48. The number of hydrogen-bond acceptors (Lipinski definition) is 4. The predicted molar refractivity (Wildman–Crippen MR) is 84.8 cm³/mol. The second kappa shape index (κ2) is 6.39. The number of ether oxygens (including phenoxy) is 2. The van der Waals surface area contributed by atoms with Crippen LogP contribution in [0, 0.1) is 0 Å².